The number of methoxy groups -OCH3 is 1. The van der Waals surface area contributed by atoms with Gasteiger partial charge in [-0.1, -0.05) is 12.6 Å². The van der Waals surface area contributed by atoms with Crippen molar-refractivity contribution in [1.29, 1.82) is 5.26 Å². The minimum atomic E-state index is -0.453. The van der Waals surface area contributed by atoms with Crippen molar-refractivity contribution >= 4 is 0 Å². The maximum atomic E-state index is 9.42. The van der Waals surface area contributed by atoms with Gasteiger partial charge in [0.05, 0.1) is 13.2 Å². The molecule has 0 amide bonds. The minimum Gasteiger partial charge on any atom is -0.497 e. The molecule has 0 N–H and O–H groups in total. The fraction of sp³-hybridized carbons (Fsp3) is 0.400. The molecule has 1 saturated heterocycles. The smallest absolute Gasteiger partial charge is 0.137 e. The summed E-state index contributed by atoms with van der Waals surface area (Å²) in [4.78, 5) is 5.67. The van der Waals surface area contributed by atoms with E-state index in [-0.39, 0.29) is 5.92 Å². The Hall–Kier alpha value is -1.99. The van der Waals surface area contributed by atoms with Gasteiger partial charge in [-0.05, 0) is 36.6 Å². The van der Waals surface area contributed by atoms with Gasteiger partial charge in [-0.3, -0.25) is 0 Å². The summed E-state index contributed by atoms with van der Waals surface area (Å²) >= 11 is 0. The van der Waals surface area contributed by atoms with Crippen molar-refractivity contribution in [2.24, 2.45) is 5.92 Å². The largest absolute Gasteiger partial charge is 0.497 e. The Morgan fingerprint density at radius 3 is 3.05 bits per heavy atom. The van der Waals surface area contributed by atoms with Crippen molar-refractivity contribution in [1.82, 2.24) is 5.06 Å². The first-order chi connectivity index (χ1) is 9.11. The predicted molar refractivity (Wildman–Crippen MR) is 70.1 cm³/mol. The van der Waals surface area contributed by atoms with Gasteiger partial charge < -0.3 is 9.57 Å². The molecule has 19 heavy (non-hydrogen) atoms. The highest BCUT2D eigenvalue weighted by Crippen LogP contribution is 2.49. The molecule has 0 bridgehead atoms. The van der Waals surface area contributed by atoms with E-state index in [1.165, 1.54) is 5.56 Å². The number of nitriles is 1. The number of fused-ring (bicyclic) bond motifs is 3. The number of hydrogen-bond donors (Lipinski definition) is 0. The van der Waals surface area contributed by atoms with E-state index < -0.39 is 5.54 Å². The van der Waals surface area contributed by atoms with Crippen LogP contribution in [-0.4, -0.2) is 18.7 Å². The number of ether oxygens (including phenoxy) is 1. The molecule has 3 rings (SSSR count). The fourth-order valence-corrected chi connectivity index (χ4v) is 3.13. The van der Waals surface area contributed by atoms with Gasteiger partial charge >= 0.3 is 0 Å². The lowest BCUT2D eigenvalue weighted by atomic mass is 9.75. The summed E-state index contributed by atoms with van der Waals surface area (Å²) in [5.41, 5.74) is 1.90. The molecule has 1 aromatic carbocycles. The van der Waals surface area contributed by atoms with E-state index in [4.69, 9.17) is 9.57 Å². The molecular weight excluding hydrogens is 240 g/mol. The monoisotopic (exact) mass is 256 g/mol. The molecule has 4 heteroatoms. The van der Waals surface area contributed by atoms with Gasteiger partial charge in [0.15, 0.2) is 0 Å². The molecule has 0 aromatic heterocycles. The molecule has 1 fully saturated rings. The van der Waals surface area contributed by atoms with Gasteiger partial charge in [0.1, 0.15) is 23.0 Å². The summed E-state index contributed by atoms with van der Waals surface area (Å²) in [5, 5.41) is 11.3. The lowest BCUT2D eigenvalue weighted by molar-refractivity contribution is -0.147. The lowest BCUT2D eigenvalue weighted by Crippen LogP contribution is -2.46. The van der Waals surface area contributed by atoms with E-state index in [9.17, 15) is 5.26 Å². The molecule has 98 valence electrons. The minimum absolute atomic E-state index is 0.347. The Morgan fingerprint density at radius 2 is 2.37 bits per heavy atom. The first kappa shape index (κ1) is 12.1. The molecule has 2 heterocycles. The van der Waals surface area contributed by atoms with Crippen molar-refractivity contribution in [3.63, 3.8) is 0 Å². The van der Waals surface area contributed by atoms with E-state index in [2.05, 4.69) is 12.6 Å². The predicted octanol–water partition coefficient (Wildman–Crippen LogP) is 2.37. The number of rotatable bonds is 1. The van der Waals surface area contributed by atoms with E-state index in [0.29, 0.717) is 5.76 Å². The molecule has 0 saturated carbocycles. The second kappa shape index (κ2) is 4.01. The molecule has 0 spiro atoms. The summed E-state index contributed by atoms with van der Waals surface area (Å²) in [7, 11) is 1.66. The zero-order chi connectivity index (χ0) is 13.6. The molecule has 0 unspecified atom stereocenters. The van der Waals surface area contributed by atoms with Crippen LogP contribution in [0.25, 0.3) is 0 Å². The summed E-state index contributed by atoms with van der Waals surface area (Å²) in [6.07, 6.45) is 0.882. The molecule has 4 nitrogen and oxygen atoms in total. The molecule has 0 radical (unpaired) electrons. The van der Waals surface area contributed by atoms with Crippen molar-refractivity contribution in [3.8, 4) is 11.8 Å². The van der Waals surface area contributed by atoms with Crippen molar-refractivity contribution in [2.75, 3.05) is 13.7 Å². The first-order valence-corrected chi connectivity index (χ1v) is 6.32. The van der Waals surface area contributed by atoms with Crippen LogP contribution in [0.4, 0.5) is 0 Å². The maximum Gasteiger partial charge on any atom is 0.137 e. The van der Waals surface area contributed by atoms with E-state index >= 15 is 0 Å². The molecule has 1 aromatic rings. The molecule has 2 aliphatic heterocycles. The molecule has 0 aliphatic carbocycles. The van der Waals surface area contributed by atoms with Gasteiger partial charge in [-0.15, -0.1) is 5.06 Å². The van der Waals surface area contributed by atoms with Gasteiger partial charge in [0.2, 0.25) is 0 Å². The lowest BCUT2D eigenvalue weighted by Gasteiger charge is -2.39. The van der Waals surface area contributed by atoms with Crippen molar-refractivity contribution in [3.05, 3.63) is 41.7 Å². The van der Waals surface area contributed by atoms with Crippen LogP contribution in [0.15, 0.2) is 30.5 Å². The molecule has 2 aliphatic rings. The highest BCUT2D eigenvalue weighted by molar-refractivity contribution is 5.44. The van der Waals surface area contributed by atoms with E-state index in [1.54, 1.807) is 7.11 Å². The number of hydroxylamine groups is 2. The van der Waals surface area contributed by atoms with Crippen molar-refractivity contribution in [2.45, 2.75) is 18.9 Å². The molecular formula is C15H16N2O2. The highest BCUT2D eigenvalue weighted by Gasteiger charge is 2.54. The average Bonchev–Trinajstić information content (AvgIpc) is 2.68. The first-order valence-electron chi connectivity index (χ1n) is 6.32. The van der Waals surface area contributed by atoms with Gasteiger partial charge in [0.25, 0.3) is 0 Å². The Kier molecular flexibility index (Phi) is 2.54. The summed E-state index contributed by atoms with van der Waals surface area (Å²) < 4.78 is 5.27. The van der Waals surface area contributed by atoms with Crippen LogP contribution in [0.3, 0.4) is 0 Å². The van der Waals surface area contributed by atoms with Gasteiger partial charge in [0, 0.05) is 6.54 Å². The summed E-state index contributed by atoms with van der Waals surface area (Å²) in [6, 6.07) is 8.34. The number of nitrogens with zero attached hydrogens (tertiary/aromatic N) is 2. The Bertz CT molecular complexity index is 590. The van der Waals surface area contributed by atoms with Crippen LogP contribution in [-0.2, 0) is 16.8 Å². The van der Waals surface area contributed by atoms with Crippen LogP contribution in [0, 0.1) is 17.2 Å². The number of benzene rings is 1. The third-order valence-corrected chi connectivity index (χ3v) is 4.20. The zero-order valence-corrected chi connectivity index (χ0v) is 11.1. The van der Waals surface area contributed by atoms with E-state index in [0.717, 1.165) is 24.3 Å². The summed E-state index contributed by atoms with van der Waals surface area (Å²) in [6.45, 7) is 6.67. The standard InChI is InChI=1S/C15H16N2O2/c1-10-14(9-16)15(2)13-5-4-12(18-3)8-11(13)6-7-17(15)19-10/h4-5,8,14H,1,6-7H2,2-3H3/t14-,15-/m0/s1. The maximum absolute atomic E-state index is 9.42. The quantitative estimate of drug-likeness (QED) is 0.774. The third-order valence-electron chi connectivity index (χ3n) is 4.20. The van der Waals surface area contributed by atoms with Crippen LogP contribution < -0.4 is 4.74 Å². The summed E-state index contributed by atoms with van der Waals surface area (Å²) in [5.74, 6) is 1.04. The molecule has 2 atom stereocenters. The average molecular weight is 256 g/mol. The Morgan fingerprint density at radius 1 is 1.58 bits per heavy atom. The fourth-order valence-electron chi connectivity index (χ4n) is 3.13. The topological polar surface area (TPSA) is 45.5 Å². The third kappa shape index (κ3) is 1.48. The van der Waals surface area contributed by atoms with Gasteiger partial charge in [-0.25, -0.2) is 0 Å². The van der Waals surface area contributed by atoms with Crippen LogP contribution in [0.5, 0.6) is 5.75 Å². The second-order valence-electron chi connectivity index (χ2n) is 5.14. The Balaban J connectivity index is 2.16. The second-order valence-corrected chi connectivity index (χ2v) is 5.14. The highest BCUT2D eigenvalue weighted by atomic mass is 16.7. The van der Waals surface area contributed by atoms with Crippen LogP contribution in [0.1, 0.15) is 18.1 Å². The Labute approximate surface area is 112 Å². The SMILES string of the molecule is C=C1ON2CCc3cc(OC)ccc3[C@@]2(C)[C@H]1C#N. The van der Waals surface area contributed by atoms with Crippen LogP contribution >= 0.6 is 0 Å². The van der Waals surface area contributed by atoms with Gasteiger partial charge in [-0.2, -0.15) is 5.26 Å². The van der Waals surface area contributed by atoms with Crippen molar-refractivity contribution < 1.29 is 9.57 Å². The van der Waals surface area contributed by atoms with E-state index in [1.807, 2.05) is 30.2 Å². The number of hydrogen-bond acceptors (Lipinski definition) is 4. The zero-order valence-electron chi connectivity index (χ0n) is 11.1. The normalized spacial score (nSPS) is 29.1. The van der Waals surface area contributed by atoms with Crippen LogP contribution in [0.2, 0.25) is 0 Å².